The molecule has 2 aromatic heterocycles. The highest BCUT2D eigenvalue weighted by atomic mass is 79.9. The van der Waals surface area contributed by atoms with Crippen LogP contribution >= 0.6 is 47.8 Å². The maximum atomic E-state index is 12.0. The van der Waals surface area contributed by atoms with E-state index >= 15 is 0 Å². The molecule has 4 heterocycles. The lowest BCUT2D eigenvalue weighted by atomic mass is 10.1. The van der Waals surface area contributed by atoms with Crippen LogP contribution in [0.25, 0.3) is 0 Å². The molecule has 3 N–H and O–H groups in total. The van der Waals surface area contributed by atoms with Gasteiger partial charge in [-0.05, 0) is 115 Å². The molecule has 2 aromatic rings. The number of nitro groups is 2. The summed E-state index contributed by atoms with van der Waals surface area (Å²) in [6.45, 7) is 13.6. The van der Waals surface area contributed by atoms with Crippen LogP contribution in [-0.2, 0) is 9.47 Å². The van der Waals surface area contributed by atoms with E-state index in [-0.39, 0.29) is 46.1 Å². The van der Waals surface area contributed by atoms with E-state index in [0.29, 0.717) is 34.9 Å². The van der Waals surface area contributed by atoms with Gasteiger partial charge in [0, 0.05) is 71.7 Å². The molecule has 16 nitrogen and oxygen atoms in total. The van der Waals surface area contributed by atoms with Gasteiger partial charge in [0.2, 0.25) is 5.82 Å². The molecule has 2 fully saturated rings. The molecule has 2 aliphatic heterocycles. The predicted octanol–water partition coefficient (Wildman–Crippen LogP) is 7.42. The second-order valence-corrected chi connectivity index (χ2v) is 15.8. The van der Waals surface area contributed by atoms with Gasteiger partial charge >= 0.3 is 23.6 Å². The van der Waals surface area contributed by atoms with Gasteiger partial charge in [0.15, 0.2) is 4.60 Å². The van der Waals surface area contributed by atoms with E-state index in [2.05, 4.69) is 63.1 Å². The number of carbonyl (C=O) groups is 2. The SMILES string of the molecule is CC(C)(C)OC(=O)N1CCC(N)CC1.CC(C)(C)OC(=O)N1CCC(Nc2ncc(Br)cc2[N+](=O)[O-])CC1.O=[N+]([O-])c1cc(Br)cnc1Br. The number of hydrogen-bond acceptors (Lipinski definition) is 12. The highest BCUT2D eigenvalue weighted by Gasteiger charge is 2.29. The first kappa shape index (κ1) is 42.0. The molecule has 0 spiro atoms. The molecular weight excluding hydrogens is 840 g/mol. The van der Waals surface area contributed by atoms with Crippen molar-refractivity contribution in [1.82, 2.24) is 19.8 Å². The van der Waals surface area contributed by atoms with Gasteiger partial charge in [-0.25, -0.2) is 19.6 Å². The zero-order valence-electron chi connectivity index (χ0n) is 28.3. The number of nitrogens with one attached hydrogen (secondary N) is 1. The number of nitrogens with two attached hydrogens (primary N) is 1. The molecule has 2 aliphatic rings. The number of rotatable bonds is 4. The van der Waals surface area contributed by atoms with Gasteiger partial charge in [0.1, 0.15) is 11.2 Å². The summed E-state index contributed by atoms with van der Waals surface area (Å²) in [5.41, 5.74) is 4.71. The molecule has 0 unspecified atom stereocenters. The van der Waals surface area contributed by atoms with E-state index in [1.165, 1.54) is 24.5 Å². The quantitative estimate of drug-likeness (QED) is 0.175. The number of anilines is 1. The molecule has 2 saturated heterocycles. The monoisotopic (exact) mass is 880 g/mol. The fourth-order valence-electron chi connectivity index (χ4n) is 4.35. The van der Waals surface area contributed by atoms with Gasteiger partial charge in [-0.1, -0.05) is 0 Å². The average molecular weight is 883 g/mol. The predicted molar refractivity (Wildman–Crippen MR) is 194 cm³/mol. The summed E-state index contributed by atoms with van der Waals surface area (Å²) in [7, 11) is 0. The average Bonchev–Trinajstić information content (AvgIpc) is 2.98. The van der Waals surface area contributed by atoms with E-state index < -0.39 is 21.0 Å². The lowest BCUT2D eigenvalue weighted by Crippen LogP contribution is -2.44. The minimum atomic E-state index is -0.520. The molecule has 4 rings (SSSR count). The normalized spacial score (nSPS) is 15.6. The third kappa shape index (κ3) is 15.5. The summed E-state index contributed by atoms with van der Waals surface area (Å²) < 4.78 is 12.0. The molecule has 0 aromatic carbocycles. The van der Waals surface area contributed by atoms with Crippen molar-refractivity contribution in [2.75, 3.05) is 31.5 Å². The van der Waals surface area contributed by atoms with E-state index in [1.54, 1.807) is 9.80 Å². The van der Waals surface area contributed by atoms with Crippen LogP contribution in [0.3, 0.4) is 0 Å². The molecule has 0 saturated carbocycles. The Morgan fingerprint density at radius 1 is 0.796 bits per heavy atom. The van der Waals surface area contributed by atoms with E-state index in [9.17, 15) is 29.8 Å². The first-order valence-corrected chi connectivity index (χ1v) is 17.8. The van der Waals surface area contributed by atoms with Gasteiger partial charge < -0.3 is 30.3 Å². The van der Waals surface area contributed by atoms with Crippen molar-refractivity contribution in [3.63, 3.8) is 0 Å². The van der Waals surface area contributed by atoms with Crippen LogP contribution < -0.4 is 11.1 Å². The second kappa shape index (κ2) is 18.7. The number of nitrogens with zero attached hydrogens (tertiary/aromatic N) is 6. The smallest absolute Gasteiger partial charge is 0.410 e. The van der Waals surface area contributed by atoms with Crippen molar-refractivity contribution in [3.05, 3.63) is 58.3 Å². The van der Waals surface area contributed by atoms with Crippen molar-refractivity contribution in [3.8, 4) is 0 Å². The first-order chi connectivity index (χ1) is 22.6. The second-order valence-electron chi connectivity index (χ2n) is 13.2. The Balaban J connectivity index is 0.000000282. The summed E-state index contributed by atoms with van der Waals surface area (Å²) in [6, 6.07) is 3.08. The van der Waals surface area contributed by atoms with Gasteiger partial charge in [-0.3, -0.25) is 20.2 Å². The van der Waals surface area contributed by atoms with Crippen LogP contribution in [0.4, 0.5) is 26.8 Å². The van der Waals surface area contributed by atoms with Gasteiger partial charge in [0.25, 0.3) is 0 Å². The van der Waals surface area contributed by atoms with Gasteiger partial charge in [0.05, 0.1) is 9.85 Å². The topological polar surface area (TPSA) is 209 Å². The fraction of sp³-hybridized carbons (Fsp3) is 0.600. The molecule has 49 heavy (non-hydrogen) atoms. The summed E-state index contributed by atoms with van der Waals surface area (Å²) in [6.07, 6.45) is 5.56. The first-order valence-electron chi connectivity index (χ1n) is 15.4. The van der Waals surface area contributed by atoms with Crippen LogP contribution in [0.2, 0.25) is 0 Å². The largest absolute Gasteiger partial charge is 0.444 e. The summed E-state index contributed by atoms with van der Waals surface area (Å²) in [5.74, 6) is 0.249. The maximum absolute atomic E-state index is 12.0. The Bertz CT molecular complexity index is 1460. The number of likely N-dealkylation sites (tertiary alicyclic amines) is 2. The van der Waals surface area contributed by atoms with Gasteiger partial charge in [-0.15, -0.1) is 0 Å². The number of aromatic nitrogens is 2. The number of amides is 2. The lowest BCUT2D eigenvalue weighted by Gasteiger charge is -2.33. The van der Waals surface area contributed by atoms with E-state index in [1.807, 2.05) is 41.5 Å². The van der Waals surface area contributed by atoms with Crippen molar-refractivity contribution in [2.45, 2.75) is 90.5 Å². The summed E-state index contributed by atoms with van der Waals surface area (Å²) >= 11 is 9.22. The van der Waals surface area contributed by atoms with Crippen molar-refractivity contribution >= 4 is 77.2 Å². The number of piperidine rings is 2. The Hall–Kier alpha value is -3.16. The van der Waals surface area contributed by atoms with Crippen LogP contribution in [0.15, 0.2) is 38.1 Å². The number of carbonyl (C=O) groups excluding carboxylic acids is 2. The number of pyridine rings is 2. The number of halogens is 3. The number of ether oxygens (including phenoxy) is 2. The minimum absolute atomic E-state index is 0.0241. The van der Waals surface area contributed by atoms with Crippen molar-refractivity contribution < 1.29 is 28.9 Å². The van der Waals surface area contributed by atoms with Crippen molar-refractivity contribution in [1.29, 1.82) is 0 Å². The molecule has 2 amide bonds. The third-order valence-corrected chi connectivity index (χ3v) is 8.17. The zero-order valence-corrected chi connectivity index (χ0v) is 33.0. The van der Waals surface area contributed by atoms with Crippen molar-refractivity contribution in [2.24, 2.45) is 5.73 Å². The third-order valence-electron chi connectivity index (χ3n) is 6.69. The van der Waals surface area contributed by atoms with E-state index in [0.717, 1.165) is 25.9 Å². The summed E-state index contributed by atoms with van der Waals surface area (Å²) in [5, 5.41) is 24.5. The van der Waals surface area contributed by atoms with E-state index in [4.69, 9.17) is 15.2 Å². The maximum Gasteiger partial charge on any atom is 0.410 e. The van der Waals surface area contributed by atoms with Crippen LogP contribution in [0.1, 0.15) is 67.2 Å². The molecule has 0 aliphatic carbocycles. The molecule has 272 valence electrons. The zero-order chi connectivity index (χ0) is 37.1. The van der Waals surface area contributed by atoms with Crippen LogP contribution in [-0.4, -0.2) is 91.3 Å². The fourth-order valence-corrected chi connectivity index (χ4v) is 5.35. The van der Waals surface area contributed by atoms with Gasteiger partial charge in [-0.2, -0.15) is 0 Å². The molecule has 0 bridgehead atoms. The lowest BCUT2D eigenvalue weighted by molar-refractivity contribution is -0.386. The Kier molecular flexibility index (Phi) is 16.1. The van der Waals surface area contributed by atoms with Crippen LogP contribution in [0.5, 0.6) is 0 Å². The molecule has 0 radical (unpaired) electrons. The highest BCUT2D eigenvalue weighted by molar-refractivity contribution is 9.11. The highest BCUT2D eigenvalue weighted by Crippen LogP contribution is 2.28. The minimum Gasteiger partial charge on any atom is -0.444 e. The number of hydrogen-bond donors (Lipinski definition) is 2. The van der Waals surface area contributed by atoms with Crippen LogP contribution in [0, 0.1) is 20.2 Å². The molecular formula is C30H43Br3N8O8. The Morgan fingerprint density at radius 3 is 1.61 bits per heavy atom. The standard InChI is InChI=1S/C15H21BrN4O4.C10H20N2O2.C5H2Br2N2O2/c1-15(2,3)24-14(21)19-6-4-11(5-7-19)18-13-12(20(22)23)8-10(16)9-17-13;1-10(2,3)14-9(13)12-6-4-8(11)5-7-12;6-3-1-4(9(10)11)5(7)8-2-3/h8-9,11H,4-7H2,1-3H3,(H,17,18);8H,4-7,11H2,1-3H3;1-2H. The molecule has 0 atom stereocenters. The Labute approximate surface area is 310 Å². The Morgan fingerprint density at radius 2 is 1.20 bits per heavy atom. The summed E-state index contributed by atoms with van der Waals surface area (Å²) in [4.78, 5) is 55.3. The molecule has 19 heteroatoms.